The van der Waals surface area contributed by atoms with E-state index in [1.54, 1.807) is 12.1 Å². The highest BCUT2D eigenvalue weighted by molar-refractivity contribution is 6.00. The van der Waals surface area contributed by atoms with Crippen LogP contribution in [0.2, 0.25) is 0 Å². The van der Waals surface area contributed by atoms with Gasteiger partial charge in [-0.15, -0.1) is 0 Å². The predicted molar refractivity (Wildman–Crippen MR) is 137 cm³/mol. The molecule has 0 spiro atoms. The minimum absolute atomic E-state index is 0.247. The zero-order valence-corrected chi connectivity index (χ0v) is 19.1. The topological polar surface area (TPSA) is 82.3 Å². The Morgan fingerprint density at radius 1 is 0.914 bits per heavy atom. The predicted octanol–water partition coefficient (Wildman–Crippen LogP) is 6.08. The first-order valence-corrected chi connectivity index (χ1v) is 11.6. The molecule has 7 heteroatoms. The van der Waals surface area contributed by atoms with Crippen molar-refractivity contribution in [2.45, 2.75) is 13.5 Å². The van der Waals surface area contributed by atoms with Gasteiger partial charge in [0.1, 0.15) is 17.0 Å². The van der Waals surface area contributed by atoms with Crippen LogP contribution in [0.25, 0.3) is 55.7 Å². The van der Waals surface area contributed by atoms with E-state index in [2.05, 4.69) is 44.5 Å². The third-order valence-electron chi connectivity index (χ3n) is 6.15. The molecule has 0 aliphatic heterocycles. The number of halogens is 1. The number of nitrogens with one attached hydrogen (secondary N) is 3. The van der Waals surface area contributed by atoms with Gasteiger partial charge in [-0.1, -0.05) is 31.2 Å². The Kier molecular flexibility index (Phi) is 5.31. The highest BCUT2D eigenvalue weighted by Crippen LogP contribution is 2.34. The van der Waals surface area contributed by atoms with E-state index in [0.717, 1.165) is 74.4 Å². The molecule has 0 aliphatic carbocycles. The highest BCUT2D eigenvalue weighted by Gasteiger charge is 2.15. The van der Waals surface area contributed by atoms with Crippen LogP contribution in [0.1, 0.15) is 12.5 Å². The van der Waals surface area contributed by atoms with Gasteiger partial charge in [-0.25, -0.2) is 9.37 Å². The third kappa shape index (κ3) is 3.96. The van der Waals surface area contributed by atoms with Crippen molar-refractivity contribution >= 4 is 21.9 Å². The number of H-pyrrole nitrogens is 2. The van der Waals surface area contributed by atoms with Gasteiger partial charge in [0.05, 0.1) is 16.9 Å². The van der Waals surface area contributed by atoms with Crippen LogP contribution < -0.4 is 5.32 Å². The van der Waals surface area contributed by atoms with Gasteiger partial charge in [-0.3, -0.25) is 10.1 Å². The lowest BCUT2D eigenvalue weighted by atomic mass is 10.0. The van der Waals surface area contributed by atoms with Crippen LogP contribution in [0, 0.1) is 5.82 Å². The Hall–Kier alpha value is -4.36. The van der Waals surface area contributed by atoms with E-state index in [-0.39, 0.29) is 5.82 Å². The van der Waals surface area contributed by atoms with Gasteiger partial charge in [0.25, 0.3) is 0 Å². The summed E-state index contributed by atoms with van der Waals surface area (Å²) in [5, 5.41) is 12.1. The molecule has 35 heavy (non-hydrogen) atoms. The van der Waals surface area contributed by atoms with Crippen LogP contribution in [0.15, 0.2) is 79.1 Å². The fourth-order valence-electron chi connectivity index (χ4n) is 4.41. The third-order valence-corrected chi connectivity index (χ3v) is 6.15. The number of pyridine rings is 2. The lowest BCUT2D eigenvalue weighted by Gasteiger charge is -2.05. The smallest absolute Gasteiger partial charge is 0.135 e. The molecule has 0 unspecified atom stereocenters. The van der Waals surface area contributed by atoms with Crippen molar-refractivity contribution in [2.24, 2.45) is 0 Å². The lowest BCUT2D eigenvalue weighted by Crippen LogP contribution is -2.11. The van der Waals surface area contributed by atoms with Crippen molar-refractivity contribution in [3.63, 3.8) is 0 Å². The van der Waals surface area contributed by atoms with E-state index < -0.39 is 0 Å². The van der Waals surface area contributed by atoms with Gasteiger partial charge in [0.2, 0.25) is 0 Å². The Bertz CT molecular complexity index is 1650. The quantitative estimate of drug-likeness (QED) is 0.280. The maximum absolute atomic E-state index is 13.5. The molecule has 6 nitrogen and oxygen atoms in total. The van der Waals surface area contributed by atoms with Crippen molar-refractivity contribution in [2.75, 3.05) is 6.54 Å². The van der Waals surface area contributed by atoms with Gasteiger partial charge < -0.3 is 10.3 Å². The second kappa shape index (κ2) is 8.77. The lowest BCUT2D eigenvalue weighted by molar-refractivity contribution is 0.628. The van der Waals surface area contributed by atoms with E-state index in [1.807, 2.05) is 42.7 Å². The van der Waals surface area contributed by atoms with Crippen molar-refractivity contribution in [1.29, 1.82) is 0 Å². The summed E-state index contributed by atoms with van der Waals surface area (Å²) in [7, 11) is 0. The number of hydrogen-bond acceptors (Lipinski definition) is 4. The molecule has 3 N–H and O–H groups in total. The summed E-state index contributed by atoms with van der Waals surface area (Å²) in [6, 6.07) is 20.8. The molecule has 0 fully saturated rings. The maximum Gasteiger partial charge on any atom is 0.135 e. The van der Waals surface area contributed by atoms with Crippen LogP contribution in [-0.2, 0) is 6.54 Å². The first-order chi connectivity index (χ1) is 17.2. The summed E-state index contributed by atoms with van der Waals surface area (Å²) in [5.41, 5.74) is 9.15. The first-order valence-electron chi connectivity index (χ1n) is 11.6. The van der Waals surface area contributed by atoms with E-state index in [0.29, 0.717) is 0 Å². The molecule has 0 amide bonds. The fraction of sp³-hybridized carbons (Fsp3) is 0.107. The average molecular weight is 463 g/mol. The van der Waals surface area contributed by atoms with E-state index >= 15 is 0 Å². The molecule has 0 aliphatic rings. The number of fused-ring (bicyclic) bond motifs is 2. The number of aromatic nitrogens is 5. The maximum atomic E-state index is 13.5. The second-order valence-electron chi connectivity index (χ2n) is 8.48. The summed E-state index contributed by atoms with van der Waals surface area (Å²) >= 11 is 0. The number of benzene rings is 2. The monoisotopic (exact) mass is 462 g/mol. The zero-order chi connectivity index (χ0) is 23.8. The van der Waals surface area contributed by atoms with Crippen molar-refractivity contribution in [1.82, 2.24) is 30.5 Å². The van der Waals surface area contributed by atoms with Crippen LogP contribution in [-0.4, -0.2) is 31.7 Å². The zero-order valence-electron chi connectivity index (χ0n) is 19.1. The van der Waals surface area contributed by atoms with Crippen LogP contribution >= 0.6 is 0 Å². The Morgan fingerprint density at radius 3 is 2.66 bits per heavy atom. The molecule has 4 aromatic heterocycles. The number of nitrogens with zero attached hydrogens (tertiary/aromatic N) is 3. The van der Waals surface area contributed by atoms with Crippen LogP contribution in [0.4, 0.5) is 4.39 Å². The van der Waals surface area contributed by atoms with Crippen LogP contribution in [0.5, 0.6) is 0 Å². The number of rotatable bonds is 6. The van der Waals surface area contributed by atoms with E-state index in [9.17, 15) is 4.39 Å². The molecular weight excluding hydrogens is 439 g/mol. The Labute approximate surface area is 201 Å². The molecule has 0 radical (unpaired) electrons. The van der Waals surface area contributed by atoms with Crippen molar-refractivity contribution in [3.8, 4) is 33.8 Å². The summed E-state index contributed by atoms with van der Waals surface area (Å²) < 4.78 is 13.5. The summed E-state index contributed by atoms with van der Waals surface area (Å²) in [6.07, 6.45) is 3.71. The minimum Gasteiger partial charge on any atom is -0.353 e. The van der Waals surface area contributed by atoms with Gasteiger partial charge in [-0.2, -0.15) is 5.10 Å². The molecule has 6 aromatic rings. The Morgan fingerprint density at radius 2 is 1.80 bits per heavy atom. The molecule has 0 atom stereocenters. The van der Waals surface area contributed by atoms with Crippen molar-refractivity contribution < 1.29 is 4.39 Å². The Balaban J connectivity index is 1.43. The van der Waals surface area contributed by atoms with Gasteiger partial charge in [-0.05, 0) is 65.7 Å². The molecule has 0 saturated heterocycles. The molecule has 2 aromatic carbocycles. The summed E-state index contributed by atoms with van der Waals surface area (Å²) in [6.45, 7) is 3.75. The van der Waals surface area contributed by atoms with Crippen LogP contribution in [0.3, 0.4) is 0 Å². The minimum atomic E-state index is -0.247. The standard InChI is InChI=1S/C28H23FN6/c1-2-30-14-17-12-19(16-31-15-17)23-10-11-25-27(33-23)28(35-34-25)26-13-22-21(4-3-5-24(22)32-26)18-6-8-20(29)9-7-18/h3-13,15-16,30,32H,2,14H2,1H3,(H,34,35). The number of hydrogen-bond donors (Lipinski definition) is 3. The highest BCUT2D eigenvalue weighted by atomic mass is 19.1. The molecule has 4 heterocycles. The molecule has 0 bridgehead atoms. The van der Waals surface area contributed by atoms with Gasteiger partial charge in [0.15, 0.2) is 0 Å². The van der Waals surface area contributed by atoms with Gasteiger partial charge >= 0.3 is 0 Å². The fourth-order valence-corrected chi connectivity index (χ4v) is 4.41. The van der Waals surface area contributed by atoms with Crippen molar-refractivity contribution in [3.05, 3.63) is 90.5 Å². The summed E-state index contributed by atoms with van der Waals surface area (Å²) in [5.74, 6) is -0.247. The first kappa shape index (κ1) is 21.2. The van der Waals surface area contributed by atoms with E-state index in [4.69, 9.17) is 4.98 Å². The molecule has 6 rings (SSSR count). The van der Waals surface area contributed by atoms with E-state index in [1.165, 1.54) is 12.1 Å². The molecule has 172 valence electrons. The molecular formula is C28H23FN6. The molecule has 0 saturated carbocycles. The SMILES string of the molecule is CCNCc1cncc(-c2ccc3[nH]nc(-c4cc5c(-c6ccc(F)cc6)cccc5[nH]4)c3n2)c1. The normalized spacial score (nSPS) is 11.5. The number of aromatic amines is 2. The second-order valence-corrected chi connectivity index (χ2v) is 8.48. The average Bonchev–Trinajstić information content (AvgIpc) is 3.51. The largest absolute Gasteiger partial charge is 0.353 e. The van der Waals surface area contributed by atoms with Gasteiger partial charge in [0, 0.05) is 35.4 Å². The summed E-state index contributed by atoms with van der Waals surface area (Å²) in [4.78, 5) is 12.8.